The van der Waals surface area contributed by atoms with E-state index in [0.29, 0.717) is 43.6 Å². The number of hydrogen-bond acceptors (Lipinski definition) is 8. The molecule has 0 N–H and O–H groups in total. The highest BCUT2D eigenvalue weighted by atomic mass is 16.6. The molecule has 4 heterocycles. The van der Waals surface area contributed by atoms with Crippen LogP contribution >= 0.6 is 0 Å². The van der Waals surface area contributed by atoms with Gasteiger partial charge in [0.2, 0.25) is 5.91 Å². The van der Waals surface area contributed by atoms with Crippen LogP contribution in [0.5, 0.6) is 5.75 Å². The highest BCUT2D eigenvalue weighted by molar-refractivity contribution is 6.01. The van der Waals surface area contributed by atoms with Gasteiger partial charge in [-0.25, -0.2) is 9.97 Å². The van der Waals surface area contributed by atoms with Crippen LogP contribution in [0.1, 0.15) is 0 Å². The van der Waals surface area contributed by atoms with Gasteiger partial charge in [0.25, 0.3) is 11.6 Å². The maximum absolute atomic E-state index is 12.7. The highest BCUT2D eigenvalue weighted by Crippen LogP contribution is 2.29. The zero-order valence-electron chi connectivity index (χ0n) is 15.4. The van der Waals surface area contributed by atoms with Crippen LogP contribution in [-0.4, -0.2) is 70.9 Å². The van der Waals surface area contributed by atoms with Crippen molar-refractivity contribution in [2.24, 2.45) is 0 Å². The van der Waals surface area contributed by atoms with Crippen molar-refractivity contribution in [3.8, 4) is 5.75 Å². The summed E-state index contributed by atoms with van der Waals surface area (Å²) in [5, 5.41) is 10.7. The largest absolute Gasteiger partial charge is 0.480 e. The minimum absolute atomic E-state index is 0.0633. The Bertz CT molecular complexity index is 942. The lowest BCUT2D eigenvalue weighted by molar-refractivity contribution is -0.385. The van der Waals surface area contributed by atoms with Gasteiger partial charge in [-0.1, -0.05) is 0 Å². The third-order valence-corrected chi connectivity index (χ3v) is 4.85. The number of anilines is 2. The van der Waals surface area contributed by atoms with Crippen molar-refractivity contribution in [2.45, 2.75) is 0 Å². The molecule has 11 nitrogen and oxygen atoms in total. The summed E-state index contributed by atoms with van der Waals surface area (Å²) in [5.41, 5.74) is -0.0633. The molecule has 2 amide bonds. The number of ether oxygens (including phenoxy) is 1. The first-order valence-corrected chi connectivity index (χ1v) is 9.04. The van der Waals surface area contributed by atoms with Crippen LogP contribution in [0.4, 0.5) is 17.3 Å². The minimum Gasteiger partial charge on any atom is -0.480 e. The van der Waals surface area contributed by atoms with E-state index in [0.717, 1.165) is 0 Å². The average molecular weight is 398 g/mol. The van der Waals surface area contributed by atoms with Gasteiger partial charge in [-0.3, -0.25) is 24.6 Å². The number of fused-ring (bicyclic) bond motifs is 1. The first-order valence-electron chi connectivity index (χ1n) is 9.04. The van der Waals surface area contributed by atoms with Gasteiger partial charge < -0.3 is 14.5 Å². The molecule has 0 radical (unpaired) electrons. The third kappa shape index (κ3) is 3.79. The van der Waals surface area contributed by atoms with E-state index >= 15 is 0 Å². The van der Waals surface area contributed by atoms with Crippen LogP contribution in [0.15, 0.2) is 36.7 Å². The highest BCUT2D eigenvalue weighted by Gasteiger charge is 2.31. The molecule has 11 heteroatoms. The smallest absolute Gasteiger partial charge is 0.287 e. The molecule has 2 aromatic heterocycles. The monoisotopic (exact) mass is 398 g/mol. The summed E-state index contributed by atoms with van der Waals surface area (Å²) in [7, 11) is 0. The van der Waals surface area contributed by atoms with Crippen molar-refractivity contribution < 1.29 is 19.2 Å². The molecular weight excluding hydrogens is 380 g/mol. The Hall–Kier alpha value is -3.76. The number of carbonyl (C=O) groups is 2. The third-order valence-electron chi connectivity index (χ3n) is 4.85. The quantitative estimate of drug-likeness (QED) is 0.538. The van der Waals surface area contributed by atoms with Crippen molar-refractivity contribution in [1.82, 2.24) is 14.9 Å². The lowest BCUT2D eigenvalue weighted by atomic mass is 10.2. The number of pyridine rings is 2. The minimum atomic E-state index is -0.493. The van der Waals surface area contributed by atoms with Gasteiger partial charge >= 0.3 is 0 Å². The molecule has 150 valence electrons. The van der Waals surface area contributed by atoms with Gasteiger partial charge in [0.1, 0.15) is 18.6 Å². The summed E-state index contributed by atoms with van der Waals surface area (Å²) in [6.45, 7) is 1.80. The van der Waals surface area contributed by atoms with Gasteiger partial charge in [-0.05, 0) is 18.2 Å². The topological polar surface area (TPSA) is 122 Å². The lowest BCUT2D eigenvalue weighted by Gasteiger charge is -2.36. The summed E-state index contributed by atoms with van der Waals surface area (Å²) < 4.78 is 5.34. The molecule has 1 fully saturated rings. The second-order valence-electron chi connectivity index (χ2n) is 6.59. The zero-order chi connectivity index (χ0) is 20.4. The molecule has 0 spiro atoms. The van der Waals surface area contributed by atoms with E-state index in [2.05, 4.69) is 9.97 Å². The first-order chi connectivity index (χ1) is 14.0. The Morgan fingerprint density at radius 2 is 1.97 bits per heavy atom. The number of rotatable bonds is 4. The van der Waals surface area contributed by atoms with E-state index in [9.17, 15) is 19.7 Å². The van der Waals surface area contributed by atoms with Crippen molar-refractivity contribution in [3.63, 3.8) is 0 Å². The Labute approximate surface area is 165 Å². The number of piperazine rings is 1. The molecule has 0 aromatic carbocycles. The molecule has 2 aliphatic rings. The number of amides is 2. The molecule has 0 aliphatic carbocycles. The maximum atomic E-state index is 12.7. The maximum Gasteiger partial charge on any atom is 0.287 e. The van der Waals surface area contributed by atoms with Crippen molar-refractivity contribution in [3.05, 3.63) is 46.8 Å². The predicted molar refractivity (Wildman–Crippen MR) is 102 cm³/mol. The molecule has 2 aromatic rings. The van der Waals surface area contributed by atoms with Crippen LogP contribution in [0.25, 0.3) is 0 Å². The number of carbonyl (C=O) groups excluding carboxylic acids is 2. The molecule has 0 saturated carbocycles. The van der Waals surface area contributed by atoms with Crippen molar-refractivity contribution in [2.75, 3.05) is 49.1 Å². The molecule has 0 unspecified atom stereocenters. The van der Waals surface area contributed by atoms with Crippen LogP contribution < -0.4 is 14.5 Å². The van der Waals surface area contributed by atoms with Gasteiger partial charge in [0, 0.05) is 38.4 Å². The summed E-state index contributed by atoms with van der Waals surface area (Å²) in [6.07, 6.45) is 2.77. The van der Waals surface area contributed by atoms with Crippen molar-refractivity contribution >= 4 is 29.1 Å². The van der Waals surface area contributed by atoms with Gasteiger partial charge in [0.15, 0.2) is 18.2 Å². The van der Waals surface area contributed by atoms with Gasteiger partial charge in [-0.2, -0.15) is 0 Å². The lowest BCUT2D eigenvalue weighted by Crippen LogP contribution is -2.53. The molecular formula is C18H18N6O5. The Morgan fingerprint density at radius 1 is 1.17 bits per heavy atom. The fourth-order valence-electron chi connectivity index (χ4n) is 3.29. The van der Waals surface area contributed by atoms with E-state index < -0.39 is 4.92 Å². The number of nitro groups is 1. The van der Waals surface area contributed by atoms with E-state index in [1.54, 1.807) is 29.3 Å². The van der Waals surface area contributed by atoms with Crippen LogP contribution in [-0.2, 0) is 9.59 Å². The second kappa shape index (κ2) is 7.70. The second-order valence-corrected chi connectivity index (χ2v) is 6.59. The number of aromatic nitrogens is 2. The Morgan fingerprint density at radius 3 is 2.66 bits per heavy atom. The molecule has 4 rings (SSSR count). The van der Waals surface area contributed by atoms with Crippen LogP contribution in [0.3, 0.4) is 0 Å². The summed E-state index contributed by atoms with van der Waals surface area (Å²) >= 11 is 0. The fraction of sp³-hybridized carbons (Fsp3) is 0.333. The van der Waals surface area contributed by atoms with E-state index in [1.165, 1.54) is 17.2 Å². The van der Waals surface area contributed by atoms with E-state index in [-0.39, 0.29) is 30.7 Å². The fourth-order valence-corrected chi connectivity index (χ4v) is 3.29. The van der Waals surface area contributed by atoms with Crippen molar-refractivity contribution in [1.29, 1.82) is 0 Å². The normalized spacial score (nSPS) is 16.3. The van der Waals surface area contributed by atoms with Gasteiger partial charge in [0.05, 0.1) is 4.92 Å². The summed E-state index contributed by atoms with van der Waals surface area (Å²) in [6, 6.07) is 6.43. The predicted octanol–water partition coefficient (Wildman–Crippen LogP) is 0.459. The molecule has 2 aliphatic heterocycles. The average Bonchev–Trinajstić information content (AvgIpc) is 2.76. The first kappa shape index (κ1) is 18.6. The summed E-state index contributed by atoms with van der Waals surface area (Å²) in [4.78, 5) is 48.5. The standard InChI is InChI=1S/C18H18N6O5/c25-16(11-23-17(26)12-29-14-2-1-5-19-18(14)23)22-8-6-21(7-9-22)15-4-3-13(10-20-15)24(27)28/h1-5,10H,6-9,11-12H2. The summed E-state index contributed by atoms with van der Waals surface area (Å²) in [5.74, 6) is 0.982. The molecule has 0 bridgehead atoms. The number of nitrogens with zero attached hydrogens (tertiary/aromatic N) is 6. The molecule has 29 heavy (non-hydrogen) atoms. The Kier molecular flexibility index (Phi) is 4.94. The number of hydrogen-bond donors (Lipinski definition) is 0. The van der Waals surface area contributed by atoms with Gasteiger partial charge in [-0.15, -0.1) is 0 Å². The Balaban J connectivity index is 1.37. The van der Waals surface area contributed by atoms with E-state index in [1.807, 2.05) is 4.90 Å². The molecule has 1 saturated heterocycles. The zero-order valence-corrected chi connectivity index (χ0v) is 15.4. The van der Waals surface area contributed by atoms with Crippen LogP contribution in [0, 0.1) is 10.1 Å². The van der Waals surface area contributed by atoms with Crippen LogP contribution in [0.2, 0.25) is 0 Å². The van der Waals surface area contributed by atoms with E-state index in [4.69, 9.17) is 4.74 Å². The SMILES string of the molecule is O=C(CN1C(=O)COc2cccnc21)N1CCN(c2ccc([N+](=O)[O-])cn2)CC1. The molecule has 0 atom stereocenters.